The predicted octanol–water partition coefficient (Wildman–Crippen LogP) is 4.29. The first kappa shape index (κ1) is 17.9. The number of furan rings is 1. The third-order valence-corrected chi connectivity index (χ3v) is 4.96. The number of nitrogens with one attached hydrogen (secondary N) is 1. The smallest absolute Gasteiger partial charge is 0.291 e. The SMILES string of the molecule is CCOC1CC(n2cc(NC(=O)c3ccc(Br)o3)c(-c3ccccn3)n2)C1. The Morgan fingerprint density at radius 2 is 2.22 bits per heavy atom. The molecule has 0 radical (unpaired) electrons. The summed E-state index contributed by atoms with van der Waals surface area (Å²) in [5.41, 5.74) is 1.94. The van der Waals surface area contributed by atoms with Gasteiger partial charge in [0, 0.05) is 19.0 Å². The van der Waals surface area contributed by atoms with Crippen molar-refractivity contribution < 1.29 is 13.9 Å². The number of halogens is 1. The first-order valence-electron chi connectivity index (χ1n) is 8.83. The highest BCUT2D eigenvalue weighted by Gasteiger charge is 2.32. The van der Waals surface area contributed by atoms with Gasteiger partial charge in [-0.15, -0.1) is 0 Å². The molecular formula is C19H19BrN4O3. The molecule has 0 spiro atoms. The monoisotopic (exact) mass is 430 g/mol. The molecule has 0 atom stereocenters. The highest BCUT2D eigenvalue weighted by atomic mass is 79.9. The van der Waals surface area contributed by atoms with Gasteiger partial charge in [-0.1, -0.05) is 6.07 Å². The lowest BCUT2D eigenvalue weighted by atomic mass is 9.89. The van der Waals surface area contributed by atoms with E-state index in [0.29, 0.717) is 21.7 Å². The van der Waals surface area contributed by atoms with Crippen LogP contribution in [-0.2, 0) is 4.74 Å². The summed E-state index contributed by atoms with van der Waals surface area (Å²) in [4.78, 5) is 16.9. The number of carbonyl (C=O) groups excluding carboxylic acids is 1. The minimum absolute atomic E-state index is 0.224. The average Bonchev–Trinajstić information content (AvgIpc) is 3.25. The summed E-state index contributed by atoms with van der Waals surface area (Å²) in [7, 11) is 0. The van der Waals surface area contributed by atoms with Crippen LogP contribution in [0.5, 0.6) is 0 Å². The van der Waals surface area contributed by atoms with Gasteiger partial charge >= 0.3 is 0 Å². The molecule has 1 saturated carbocycles. The second kappa shape index (κ2) is 7.66. The molecule has 1 amide bonds. The number of amides is 1. The van der Waals surface area contributed by atoms with Crippen LogP contribution in [0.3, 0.4) is 0 Å². The van der Waals surface area contributed by atoms with Crippen molar-refractivity contribution in [3.8, 4) is 11.4 Å². The van der Waals surface area contributed by atoms with Gasteiger partial charge in [-0.05, 0) is 60.0 Å². The minimum Gasteiger partial charge on any atom is -0.444 e. The second-order valence-corrected chi connectivity index (χ2v) is 7.13. The van der Waals surface area contributed by atoms with E-state index in [2.05, 4.69) is 26.2 Å². The Hall–Kier alpha value is -2.45. The fourth-order valence-corrected chi connectivity index (χ4v) is 3.41. The van der Waals surface area contributed by atoms with Gasteiger partial charge in [-0.3, -0.25) is 14.5 Å². The zero-order valence-electron chi connectivity index (χ0n) is 14.8. The molecule has 7 nitrogen and oxygen atoms in total. The maximum atomic E-state index is 12.5. The fourth-order valence-electron chi connectivity index (χ4n) is 3.11. The number of nitrogens with zero attached hydrogens (tertiary/aromatic N) is 3. The van der Waals surface area contributed by atoms with Crippen molar-refractivity contribution in [1.29, 1.82) is 0 Å². The van der Waals surface area contributed by atoms with E-state index in [1.54, 1.807) is 18.3 Å². The molecular weight excluding hydrogens is 412 g/mol. The zero-order valence-corrected chi connectivity index (χ0v) is 16.3. The van der Waals surface area contributed by atoms with Gasteiger partial charge in [0.15, 0.2) is 10.4 Å². The first-order valence-corrected chi connectivity index (χ1v) is 9.62. The largest absolute Gasteiger partial charge is 0.444 e. The Balaban J connectivity index is 1.60. The van der Waals surface area contributed by atoms with Crippen LogP contribution >= 0.6 is 15.9 Å². The number of ether oxygens (including phenoxy) is 1. The van der Waals surface area contributed by atoms with Gasteiger partial charge in [0.1, 0.15) is 5.69 Å². The number of hydrogen-bond donors (Lipinski definition) is 1. The summed E-state index contributed by atoms with van der Waals surface area (Å²) in [6, 6.07) is 9.16. The van der Waals surface area contributed by atoms with E-state index < -0.39 is 0 Å². The van der Waals surface area contributed by atoms with E-state index in [0.717, 1.165) is 19.4 Å². The molecule has 1 aliphatic rings. The molecule has 0 saturated heterocycles. The third-order valence-electron chi connectivity index (χ3n) is 4.53. The molecule has 3 aromatic heterocycles. The quantitative estimate of drug-likeness (QED) is 0.630. The summed E-state index contributed by atoms with van der Waals surface area (Å²) in [6.07, 6.45) is 5.66. The Morgan fingerprint density at radius 1 is 1.37 bits per heavy atom. The lowest BCUT2D eigenvalue weighted by Gasteiger charge is -2.34. The van der Waals surface area contributed by atoms with Crippen LogP contribution in [0.15, 0.2) is 51.8 Å². The van der Waals surface area contributed by atoms with Crippen LogP contribution in [0.2, 0.25) is 0 Å². The van der Waals surface area contributed by atoms with Crippen molar-refractivity contribution in [3.05, 3.63) is 53.2 Å². The van der Waals surface area contributed by atoms with Crippen molar-refractivity contribution in [3.63, 3.8) is 0 Å². The molecule has 3 heterocycles. The Kier molecular flexibility index (Phi) is 5.09. The molecule has 0 unspecified atom stereocenters. The van der Waals surface area contributed by atoms with Crippen molar-refractivity contribution >= 4 is 27.5 Å². The predicted molar refractivity (Wildman–Crippen MR) is 104 cm³/mol. The maximum absolute atomic E-state index is 12.5. The molecule has 8 heteroatoms. The van der Waals surface area contributed by atoms with Crippen LogP contribution in [0, 0.1) is 0 Å². The number of rotatable bonds is 6. The Bertz CT molecular complexity index is 932. The number of pyridine rings is 1. The molecule has 1 fully saturated rings. The molecule has 3 aromatic rings. The molecule has 27 heavy (non-hydrogen) atoms. The van der Waals surface area contributed by atoms with E-state index in [1.807, 2.05) is 36.0 Å². The summed E-state index contributed by atoms with van der Waals surface area (Å²) >= 11 is 3.21. The normalized spacial score (nSPS) is 18.9. The van der Waals surface area contributed by atoms with Crippen molar-refractivity contribution in [2.75, 3.05) is 11.9 Å². The highest BCUT2D eigenvalue weighted by molar-refractivity contribution is 9.10. The van der Waals surface area contributed by atoms with Crippen molar-refractivity contribution in [1.82, 2.24) is 14.8 Å². The summed E-state index contributed by atoms with van der Waals surface area (Å²) < 4.78 is 13.4. The zero-order chi connectivity index (χ0) is 18.8. The second-order valence-electron chi connectivity index (χ2n) is 6.35. The molecule has 140 valence electrons. The highest BCUT2D eigenvalue weighted by Crippen LogP contribution is 2.36. The molecule has 4 rings (SSSR count). The van der Waals surface area contributed by atoms with Crippen LogP contribution in [0.4, 0.5) is 5.69 Å². The van der Waals surface area contributed by atoms with Crippen LogP contribution in [0.1, 0.15) is 36.4 Å². The van der Waals surface area contributed by atoms with E-state index in [-0.39, 0.29) is 23.8 Å². The van der Waals surface area contributed by atoms with Gasteiger partial charge in [0.2, 0.25) is 0 Å². The Morgan fingerprint density at radius 3 is 2.89 bits per heavy atom. The number of carbonyl (C=O) groups is 1. The number of anilines is 1. The van der Waals surface area contributed by atoms with E-state index in [9.17, 15) is 4.79 Å². The van der Waals surface area contributed by atoms with Crippen molar-refractivity contribution in [2.45, 2.75) is 31.9 Å². The summed E-state index contributed by atoms with van der Waals surface area (Å²) in [6.45, 7) is 2.72. The Labute approximate surface area is 164 Å². The standard InChI is InChI=1S/C19H19BrN4O3/c1-2-26-13-9-12(10-13)24-11-15(18(23-24)14-5-3-4-8-21-14)22-19(25)16-6-7-17(20)27-16/h3-8,11-13H,2,9-10H2,1H3,(H,22,25). The van der Waals surface area contributed by atoms with Crippen LogP contribution < -0.4 is 5.32 Å². The van der Waals surface area contributed by atoms with Crippen LogP contribution in [-0.4, -0.2) is 33.4 Å². The van der Waals surface area contributed by atoms with Gasteiger partial charge in [-0.25, -0.2) is 0 Å². The molecule has 0 bridgehead atoms. The van der Waals surface area contributed by atoms with Crippen molar-refractivity contribution in [2.24, 2.45) is 0 Å². The lowest BCUT2D eigenvalue weighted by molar-refractivity contribution is -0.0226. The van der Waals surface area contributed by atoms with Gasteiger partial charge in [-0.2, -0.15) is 5.10 Å². The van der Waals surface area contributed by atoms with E-state index in [4.69, 9.17) is 14.3 Å². The fraction of sp³-hybridized carbons (Fsp3) is 0.316. The number of aromatic nitrogens is 3. The first-order chi connectivity index (χ1) is 13.1. The summed E-state index contributed by atoms with van der Waals surface area (Å²) in [5.74, 6) is -0.111. The minimum atomic E-state index is -0.335. The average molecular weight is 431 g/mol. The molecule has 0 aromatic carbocycles. The van der Waals surface area contributed by atoms with E-state index in [1.165, 1.54) is 0 Å². The molecule has 1 N–H and O–H groups in total. The topological polar surface area (TPSA) is 82.2 Å². The molecule has 1 aliphatic carbocycles. The third kappa shape index (κ3) is 3.81. The lowest BCUT2D eigenvalue weighted by Crippen LogP contribution is -2.33. The molecule has 0 aliphatic heterocycles. The maximum Gasteiger partial charge on any atom is 0.291 e. The van der Waals surface area contributed by atoms with Gasteiger partial charge in [0.25, 0.3) is 5.91 Å². The van der Waals surface area contributed by atoms with Crippen LogP contribution in [0.25, 0.3) is 11.4 Å². The van der Waals surface area contributed by atoms with Gasteiger partial charge in [0.05, 0.1) is 23.5 Å². The van der Waals surface area contributed by atoms with E-state index >= 15 is 0 Å². The number of hydrogen-bond acceptors (Lipinski definition) is 5. The summed E-state index contributed by atoms with van der Waals surface area (Å²) in [5, 5.41) is 7.58. The van der Waals surface area contributed by atoms with Gasteiger partial charge < -0.3 is 14.5 Å².